The van der Waals surface area contributed by atoms with E-state index in [2.05, 4.69) is 9.74 Å². The summed E-state index contributed by atoms with van der Waals surface area (Å²) in [6, 6.07) is 0. The summed E-state index contributed by atoms with van der Waals surface area (Å²) >= 11 is 0. The lowest BCUT2D eigenvalue weighted by Gasteiger charge is -2.25. The number of nitrogens with zero attached hydrogens (tertiary/aromatic N) is 2. The van der Waals surface area contributed by atoms with Crippen molar-refractivity contribution in [2.24, 2.45) is 0 Å². The molecule has 0 spiro atoms. The molecule has 0 amide bonds. The van der Waals surface area contributed by atoms with Gasteiger partial charge < -0.3 is 9.74 Å². The fourth-order valence-corrected chi connectivity index (χ4v) is 1.56. The first-order valence-corrected chi connectivity index (χ1v) is 4.49. The van der Waals surface area contributed by atoms with Crippen molar-refractivity contribution in [2.75, 3.05) is 26.2 Å². The zero-order valence-corrected chi connectivity index (χ0v) is 7.05. The van der Waals surface area contributed by atoms with Gasteiger partial charge >= 0.3 is 0 Å². The third-order valence-electron chi connectivity index (χ3n) is 2.19. The highest BCUT2D eigenvalue weighted by Crippen LogP contribution is 2.08. The van der Waals surface area contributed by atoms with E-state index >= 15 is 0 Å². The van der Waals surface area contributed by atoms with Crippen molar-refractivity contribution in [2.45, 2.75) is 25.7 Å². The normalized spacial score (nSPS) is 19.5. The molecule has 2 heteroatoms. The lowest BCUT2D eigenvalue weighted by Crippen LogP contribution is -2.30. The van der Waals surface area contributed by atoms with E-state index < -0.39 is 0 Å². The van der Waals surface area contributed by atoms with Crippen LogP contribution in [0.4, 0.5) is 0 Å². The molecule has 0 unspecified atom stereocenters. The van der Waals surface area contributed by atoms with Gasteiger partial charge in [0.25, 0.3) is 0 Å². The van der Waals surface area contributed by atoms with Crippen LogP contribution in [0.2, 0.25) is 0 Å². The molecule has 0 aromatic carbocycles. The molecule has 1 saturated heterocycles. The molecule has 1 fully saturated rings. The van der Waals surface area contributed by atoms with E-state index in [4.69, 9.17) is 6.57 Å². The minimum Gasteiger partial charge on any atom is -0.317 e. The van der Waals surface area contributed by atoms with Gasteiger partial charge in [-0.1, -0.05) is 6.42 Å². The largest absolute Gasteiger partial charge is 0.317 e. The van der Waals surface area contributed by atoms with Crippen molar-refractivity contribution in [1.29, 1.82) is 0 Å². The van der Waals surface area contributed by atoms with Gasteiger partial charge in [-0.25, -0.2) is 6.57 Å². The summed E-state index contributed by atoms with van der Waals surface area (Å²) in [4.78, 5) is 5.82. The molecule has 11 heavy (non-hydrogen) atoms. The summed E-state index contributed by atoms with van der Waals surface area (Å²) < 4.78 is 0. The van der Waals surface area contributed by atoms with E-state index in [-0.39, 0.29) is 0 Å². The van der Waals surface area contributed by atoms with Crippen LogP contribution in [-0.2, 0) is 0 Å². The second-order valence-electron chi connectivity index (χ2n) is 3.14. The van der Waals surface area contributed by atoms with E-state index in [0.717, 1.165) is 13.0 Å². The first kappa shape index (κ1) is 8.55. The molecule has 0 radical (unpaired) electrons. The zero-order chi connectivity index (χ0) is 7.94. The molecule has 0 aromatic heterocycles. The molecule has 0 saturated carbocycles. The second kappa shape index (κ2) is 5.15. The number of likely N-dealkylation sites (tertiary alicyclic amines) is 1. The summed E-state index contributed by atoms with van der Waals surface area (Å²) in [6.07, 6.45) is 5.18. The second-order valence-corrected chi connectivity index (χ2v) is 3.14. The van der Waals surface area contributed by atoms with E-state index in [9.17, 15) is 0 Å². The standard InChI is InChI=1S/C9H16N2/c1-10-6-5-9-11-7-3-2-4-8-11/h2-9H2. The van der Waals surface area contributed by atoms with Crippen molar-refractivity contribution in [3.8, 4) is 0 Å². The van der Waals surface area contributed by atoms with Crippen LogP contribution >= 0.6 is 0 Å². The minimum atomic E-state index is 0.705. The van der Waals surface area contributed by atoms with Gasteiger partial charge in [-0.3, -0.25) is 0 Å². The maximum absolute atomic E-state index is 6.63. The van der Waals surface area contributed by atoms with Crippen LogP contribution in [0.5, 0.6) is 0 Å². The Bertz CT molecular complexity index is 131. The highest BCUT2D eigenvalue weighted by Gasteiger charge is 2.08. The van der Waals surface area contributed by atoms with E-state index in [1.807, 2.05) is 0 Å². The van der Waals surface area contributed by atoms with E-state index in [1.54, 1.807) is 0 Å². The molecule has 62 valence electrons. The van der Waals surface area contributed by atoms with Crippen LogP contribution < -0.4 is 0 Å². The molecule has 0 aliphatic carbocycles. The summed E-state index contributed by atoms with van der Waals surface area (Å²) in [5, 5.41) is 0. The summed E-state index contributed by atoms with van der Waals surface area (Å²) in [6.45, 7) is 11.0. The molecule has 0 bridgehead atoms. The Kier molecular flexibility index (Phi) is 4.00. The highest BCUT2D eigenvalue weighted by molar-refractivity contribution is 4.67. The van der Waals surface area contributed by atoms with Crippen LogP contribution in [0.25, 0.3) is 4.85 Å². The Morgan fingerprint density at radius 3 is 2.55 bits per heavy atom. The first-order valence-electron chi connectivity index (χ1n) is 4.49. The molecule has 1 aliphatic heterocycles. The zero-order valence-electron chi connectivity index (χ0n) is 7.05. The lowest BCUT2D eigenvalue weighted by atomic mass is 10.1. The average Bonchev–Trinajstić information content (AvgIpc) is 2.07. The summed E-state index contributed by atoms with van der Waals surface area (Å²) in [5.74, 6) is 0. The molecule has 2 nitrogen and oxygen atoms in total. The Morgan fingerprint density at radius 1 is 1.18 bits per heavy atom. The SMILES string of the molecule is [C-]#[N+]CCCN1CCCCC1. The van der Waals surface area contributed by atoms with Crippen LogP contribution in [0.3, 0.4) is 0 Å². The molecule has 0 aromatic rings. The van der Waals surface area contributed by atoms with Gasteiger partial charge in [-0.2, -0.15) is 0 Å². The third kappa shape index (κ3) is 3.38. The molecular weight excluding hydrogens is 136 g/mol. The van der Waals surface area contributed by atoms with Crippen LogP contribution in [-0.4, -0.2) is 31.1 Å². The summed E-state index contributed by atoms with van der Waals surface area (Å²) in [7, 11) is 0. The van der Waals surface area contributed by atoms with Gasteiger partial charge in [0.05, 0.1) is 0 Å². The van der Waals surface area contributed by atoms with Crippen LogP contribution in [0.1, 0.15) is 25.7 Å². The van der Waals surface area contributed by atoms with Gasteiger partial charge in [-0.15, -0.1) is 0 Å². The smallest absolute Gasteiger partial charge is 0.215 e. The number of hydrogen-bond acceptors (Lipinski definition) is 1. The quantitative estimate of drug-likeness (QED) is 0.442. The first-order chi connectivity index (χ1) is 5.43. The topological polar surface area (TPSA) is 7.60 Å². The van der Waals surface area contributed by atoms with Gasteiger partial charge in [0.1, 0.15) is 0 Å². The Hall–Kier alpha value is -0.550. The Morgan fingerprint density at radius 2 is 1.91 bits per heavy atom. The molecule has 0 atom stereocenters. The van der Waals surface area contributed by atoms with E-state index in [1.165, 1.54) is 32.4 Å². The maximum atomic E-state index is 6.63. The number of hydrogen-bond donors (Lipinski definition) is 0. The average molecular weight is 152 g/mol. The maximum Gasteiger partial charge on any atom is 0.215 e. The van der Waals surface area contributed by atoms with Gasteiger partial charge in [0.2, 0.25) is 6.54 Å². The van der Waals surface area contributed by atoms with Gasteiger partial charge in [0.15, 0.2) is 0 Å². The molecule has 1 heterocycles. The van der Waals surface area contributed by atoms with Gasteiger partial charge in [-0.05, 0) is 25.9 Å². The van der Waals surface area contributed by atoms with Crippen molar-refractivity contribution < 1.29 is 0 Å². The van der Waals surface area contributed by atoms with E-state index in [0.29, 0.717) is 6.54 Å². The third-order valence-corrected chi connectivity index (χ3v) is 2.19. The van der Waals surface area contributed by atoms with Crippen molar-refractivity contribution in [1.82, 2.24) is 4.90 Å². The summed E-state index contributed by atoms with van der Waals surface area (Å²) in [5.41, 5.74) is 0. The predicted octanol–water partition coefficient (Wildman–Crippen LogP) is 1.78. The van der Waals surface area contributed by atoms with Crippen molar-refractivity contribution in [3.63, 3.8) is 0 Å². The van der Waals surface area contributed by atoms with Crippen LogP contribution in [0, 0.1) is 6.57 Å². The predicted molar refractivity (Wildman–Crippen MR) is 46.4 cm³/mol. The van der Waals surface area contributed by atoms with Crippen LogP contribution in [0.15, 0.2) is 0 Å². The highest BCUT2D eigenvalue weighted by atomic mass is 15.1. The fourth-order valence-electron chi connectivity index (χ4n) is 1.56. The Balaban J connectivity index is 2.01. The number of piperidine rings is 1. The monoisotopic (exact) mass is 152 g/mol. The molecular formula is C9H16N2. The molecule has 1 aliphatic rings. The van der Waals surface area contributed by atoms with Crippen molar-refractivity contribution in [3.05, 3.63) is 11.4 Å². The Labute approximate surface area is 69.0 Å². The lowest BCUT2D eigenvalue weighted by molar-refractivity contribution is 0.229. The minimum absolute atomic E-state index is 0.705. The molecule has 0 N–H and O–H groups in total. The van der Waals surface area contributed by atoms with Gasteiger partial charge in [0, 0.05) is 13.0 Å². The fraction of sp³-hybridized carbons (Fsp3) is 0.889. The van der Waals surface area contributed by atoms with Crippen molar-refractivity contribution >= 4 is 0 Å². The number of rotatable bonds is 3. The molecule has 1 rings (SSSR count).